The lowest BCUT2D eigenvalue weighted by Crippen LogP contribution is -2.13. The van der Waals surface area contributed by atoms with Gasteiger partial charge in [0.25, 0.3) is 0 Å². The van der Waals surface area contributed by atoms with Crippen LogP contribution in [0, 0.1) is 5.92 Å². The number of nitrogens with two attached hydrogens (primary N) is 2. The van der Waals surface area contributed by atoms with Crippen molar-refractivity contribution in [2.75, 3.05) is 17.6 Å². The Morgan fingerprint density at radius 2 is 2.13 bits per heavy atom. The minimum Gasteiger partial charge on any atom is -0.397 e. The van der Waals surface area contributed by atoms with E-state index in [2.05, 4.69) is 19.2 Å². The van der Waals surface area contributed by atoms with Crippen LogP contribution in [-0.4, -0.2) is 12.5 Å². The zero-order valence-corrected chi connectivity index (χ0v) is 9.08. The van der Waals surface area contributed by atoms with Crippen LogP contribution in [0.3, 0.4) is 0 Å². The highest BCUT2D eigenvalue weighted by atomic mass is 16.1. The molecule has 1 rings (SSSR count). The number of hydrogen-bond donors (Lipinski definition) is 3. The van der Waals surface area contributed by atoms with Crippen LogP contribution >= 0.6 is 0 Å². The quantitative estimate of drug-likeness (QED) is 0.653. The van der Waals surface area contributed by atoms with Crippen LogP contribution in [0.25, 0.3) is 0 Å². The monoisotopic (exact) mass is 207 g/mol. The van der Waals surface area contributed by atoms with Crippen LogP contribution in [0.5, 0.6) is 0 Å². The van der Waals surface area contributed by atoms with Gasteiger partial charge >= 0.3 is 0 Å². The van der Waals surface area contributed by atoms with Crippen LogP contribution < -0.4 is 16.8 Å². The third-order valence-corrected chi connectivity index (χ3v) is 2.04. The first-order chi connectivity index (χ1) is 7.00. The molecule has 0 aliphatic carbocycles. The Bertz CT molecular complexity index is 361. The number of benzene rings is 1. The second-order valence-electron chi connectivity index (χ2n) is 3.94. The lowest BCUT2D eigenvalue weighted by Gasteiger charge is -2.12. The van der Waals surface area contributed by atoms with E-state index < -0.39 is 5.91 Å². The van der Waals surface area contributed by atoms with E-state index >= 15 is 0 Å². The molecule has 1 aromatic rings. The van der Waals surface area contributed by atoms with Crippen molar-refractivity contribution in [3.63, 3.8) is 0 Å². The predicted molar refractivity (Wildman–Crippen MR) is 62.7 cm³/mol. The molecule has 15 heavy (non-hydrogen) atoms. The second kappa shape index (κ2) is 4.68. The summed E-state index contributed by atoms with van der Waals surface area (Å²) in [6, 6.07) is 4.99. The normalized spacial score (nSPS) is 10.3. The van der Waals surface area contributed by atoms with Gasteiger partial charge in [-0.25, -0.2) is 0 Å². The molecule has 0 bridgehead atoms. The minimum atomic E-state index is -0.442. The van der Waals surface area contributed by atoms with Gasteiger partial charge < -0.3 is 16.8 Å². The van der Waals surface area contributed by atoms with Crippen LogP contribution in [0.2, 0.25) is 0 Å². The smallest absolute Gasteiger partial charge is 0.248 e. The number of nitrogens with one attached hydrogen (secondary N) is 1. The molecule has 0 unspecified atom stereocenters. The number of hydrogen-bond acceptors (Lipinski definition) is 3. The molecule has 5 N–H and O–H groups in total. The van der Waals surface area contributed by atoms with E-state index in [0.29, 0.717) is 17.2 Å². The summed E-state index contributed by atoms with van der Waals surface area (Å²) < 4.78 is 0. The van der Waals surface area contributed by atoms with Crippen LogP contribution in [0.4, 0.5) is 11.4 Å². The van der Waals surface area contributed by atoms with Gasteiger partial charge in [0.15, 0.2) is 0 Å². The van der Waals surface area contributed by atoms with Crippen molar-refractivity contribution in [1.82, 2.24) is 0 Å². The zero-order chi connectivity index (χ0) is 11.4. The summed E-state index contributed by atoms with van der Waals surface area (Å²) in [5.41, 5.74) is 12.8. The first-order valence-corrected chi connectivity index (χ1v) is 4.94. The van der Waals surface area contributed by atoms with Gasteiger partial charge in [0, 0.05) is 12.1 Å². The Balaban J connectivity index is 2.85. The Morgan fingerprint density at radius 3 is 2.67 bits per heavy atom. The molecule has 4 nitrogen and oxygen atoms in total. The molecule has 0 atom stereocenters. The summed E-state index contributed by atoms with van der Waals surface area (Å²) in [5.74, 6) is 0.0734. The zero-order valence-electron chi connectivity index (χ0n) is 9.08. The molecule has 1 amide bonds. The van der Waals surface area contributed by atoms with E-state index in [1.807, 2.05) is 0 Å². The van der Waals surface area contributed by atoms with Gasteiger partial charge in [-0.15, -0.1) is 0 Å². The van der Waals surface area contributed by atoms with E-state index in [1.54, 1.807) is 18.2 Å². The SMILES string of the molecule is CC(C)CNc1cc(C(N)=O)ccc1N. The van der Waals surface area contributed by atoms with Crippen LogP contribution in [0.15, 0.2) is 18.2 Å². The van der Waals surface area contributed by atoms with E-state index in [4.69, 9.17) is 11.5 Å². The number of carbonyl (C=O) groups is 1. The predicted octanol–water partition coefficient (Wildman–Crippen LogP) is 1.44. The molecule has 0 aliphatic heterocycles. The molecule has 0 aliphatic rings. The van der Waals surface area contributed by atoms with Crippen LogP contribution in [0.1, 0.15) is 24.2 Å². The molecule has 0 fully saturated rings. The first kappa shape index (κ1) is 11.4. The van der Waals surface area contributed by atoms with Gasteiger partial charge in [-0.2, -0.15) is 0 Å². The summed E-state index contributed by atoms with van der Waals surface area (Å²) in [7, 11) is 0. The lowest BCUT2D eigenvalue weighted by molar-refractivity contribution is 0.100. The van der Waals surface area contributed by atoms with Gasteiger partial charge in [-0.3, -0.25) is 4.79 Å². The molecule has 0 saturated heterocycles. The van der Waals surface area contributed by atoms with E-state index in [0.717, 1.165) is 12.2 Å². The molecule has 1 aromatic carbocycles. The van der Waals surface area contributed by atoms with Crippen molar-refractivity contribution in [1.29, 1.82) is 0 Å². The maximum atomic E-state index is 11.0. The number of amides is 1. The molecule has 4 heteroatoms. The van der Waals surface area contributed by atoms with Gasteiger partial charge in [0.05, 0.1) is 11.4 Å². The standard InChI is InChI=1S/C11H17N3O/c1-7(2)6-14-10-5-8(11(13)15)3-4-9(10)12/h3-5,7,14H,6,12H2,1-2H3,(H2,13,15). The second-order valence-corrected chi connectivity index (χ2v) is 3.94. The summed E-state index contributed by atoms with van der Waals surface area (Å²) in [5, 5.41) is 3.17. The molecular weight excluding hydrogens is 190 g/mol. The Labute approximate surface area is 89.6 Å². The largest absolute Gasteiger partial charge is 0.397 e. The molecule has 0 saturated carbocycles. The van der Waals surface area contributed by atoms with Gasteiger partial charge in [-0.1, -0.05) is 13.8 Å². The fourth-order valence-electron chi connectivity index (χ4n) is 1.18. The first-order valence-electron chi connectivity index (χ1n) is 4.94. The van der Waals surface area contributed by atoms with Crippen molar-refractivity contribution in [2.24, 2.45) is 11.7 Å². The number of carbonyl (C=O) groups excluding carboxylic acids is 1. The highest BCUT2D eigenvalue weighted by molar-refractivity contribution is 5.94. The van der Waals surface area contributed by atoms with Crippen molar-refractivity contribution >= 4 is 17.3 Å². The van der Waals surface area contributed by atoms with Crippen molar-refractivity contribution in [3.05, 3.63) is 23.8 Å². The number of nitrogen functional groups attached to an aromatic ring is 1. The lowest BCUT2D eigenvalue weighted by atomic mass is 10.1. The molecule has 0 heterocycles. The molecule has 0 spiro atoms. The Hall–Kier alpha value is -1.71. The average molecular weight is 207 g/mol. The van der Waals surface area contributed by atoms with Gasteiger partial charge in [0.2, 0.25) is 5.91 Å². The van der Waals surface area contributed by atoms with Gasteiger partial charge in [-0.05, 0) is 24.1 Å². The Morgan fingerprint density at radius 1 is 1.47 bits per heavy atom. The van der Waals surface area contributed by atoms with Crippen molar-refractivity contribution in [3.8, 4) is 0 Å². The van der Waals surface area contributed by atoms with E-state index in [9.17, 15) is 4.79 Å². The summed E-state index contributed by atoms with van der Waals surface area (Å²) >= 11 is 0. The van der Waals surface area contributed by atoms with E-state index in [-0.39, 0.29) is 0 Å². The fraction of sp³-hybridized carbons (Fsp3) is 0.364. The number of anilines is 2. The number of rotatable bonds is 4. The third kappa shape index (κ3) is 3.16. The summed E-state index contributed by atoms with van der Waals surface area (Å²) in [6.07, 6.45) is 0. The number of primary amides is 1. The average Bonchev–Trinajstić information content (AvgIpc) is 2.16. The maximum Gasteiger partial charge on any atom is 0.248 e. The van der Waals surface area contributed by atoms with Gasteiger partial charge in [0.1, 0.15) is 0 Å². The molecular formula is C11H17N3O. The summed E-state index contributed by atoms with van der Waals surface area (Å²) in [6.45, 7) is 5.01. The molecule has 0 radical (unpaired) electrons. The summed E-state index contributed by atoms with van der Waals surface area (Å²) in [4.78, 5) is 11.0. The van der Waals surface area contributed by atoms with E-state index in [1.165, 1.54) is 0 Å². The fourth-order valence-corrected chi connectivity index (χ4v) is 1.18. The maximum absolute atomic E-state index is 11.0. The highest BCUT2D eigenvalue weighted by Crippen LogP contribution is 2.20. The Kier molecular flexibility index (Phi) is 3.55. The van der Waals surface area contributed by atoms with Crippen molar-refractivity contribution in [2.45, 2.75) is 13.8 Å². The van der Waals surface area contributed by atoms with Crippen molar-refractivity contribution < 1.29 is 4.79 Å². The third-order valence-electron chi connectivity index (χ3n) is 2.04. The minimum absolute atomic E-state index is 0.442. The topological polar surface area (TPSA) is 81.1 Å². The molecule has 82 valence electrons. The molecule has 0 aromatic heterocycles. The highest BCUT2D eigenvalue weighted by Gasteiger charge is 2.05. The van der Waals surface area contributed by atoms with Crippen LogP contribution in [-0.2, 0) is 0 Å².